The normalized spacial score (nSPS) is 16.3. The van der Waals surface area contributed by atoms with E-state index in [-0.39, 0.29) is 23.6 Å². The molecular formula is C21H23FN6O3. The Morgan fingerprint density at radius 1 is 1.45 bits per heavy atom. The van der Waals surface area contributed by atoms with Crippen LogP contribution in [0.2, 0.25) is 0 Å². The number of halogens is 1. The van der Waals surface area contributed by atoms with E-state index in [0.29, 0.717) is 36.5 Å². The smallest absolute Gasteiger partial charge is 0.322 e. The molecule has 0 saturated heterocycles. The number of amides is 3. The van der Waals surface area contributed by atoms with E-state index in [0.717, 1.165) is 24.6 Å². The third-order valence-electron chi connectivity index (χ3n) is 6.02. The number of nitrogens with one attached hydrogen (secondary N) is 2. The number of hydrogen-bond donors (Lipinski definition) is 2. The summed E-state index contributed by atoms with van der Waals surface area (Å²) in [6.45, 7) is 1.12. The monoisotopic (exact) mass is 426 g/mol. The number of ether oxygens (including phenoxy) is 1. The number of benzene rings is 1. The van der Waals surface area contributed by atoms with Crippen LogP contribution in [0, 0.1) is 17.1 Å². The zero-order chi connectivity index (χ0) is 22.2. The van der Waals surface area contributed by atoms with Crippen LogP contribution in [-0.2, 0) is 17.7 Å². The minimum Gasteiger partial charge on any atom is -0.382 e. The van der Waals surface area contributed by atoms with Crippen molar-refractivity contribution < 1.29 is 18.7 Å². The fraction of sp³-hybridized carbons (Fsp3) is 0.429. The highest BCUT2D eigenvalue weighted by atomic mass is 19.1. The van der Waals surface area contributed by atoms with Gasteiger partial charge in [0.05, 0.1) is 29.9 Å². The van der Waals surface area contributed by atoms with Gasteiger partial charge in [-0.3, -0.25) is 9.89 Å². The molecule has 0 unspecified atom stereocenters. The standard InChI is InChI=1S/C21H23FN6O3/c1-27(21(6-7-21)12-31-2)19(29)18-15-11-28(8-5-17(15)25-26-18)20(30)24-14-3-4-16(22)13(9-14)10-23/h3-4,9H,5-8,11-12H2,1-2H3,(H,24,30)(H,25,26). The molecule has 31 heavy (non-hydrogen) atoms. The maximum atomic E-state index is 13.5. The maximum Gasteiger partial charge on any atom is 0.322 e. The van der Waals surface area contributed by atoms with Crippen molar-refractivity contribution in [3.05, 3.63) is 46.5 Å². The summed E-state index contributed by atoms with van der Waals surface area (Å²) in [6.07, 6.45) is 2.28. The molecule has 1 aliphatic carbocycles. The summed E-state index contributed by atoms with van der Waals surface area (Å²) in [6, 6.07) is 5.18. The van der Waals surface area contributed by atoms with Gasteiger partial charge in [-0.1, -0.05) is 0 Å². The van der Waals surface area contributed by atoms with Crippen LogP contribution in [0.4, 0.5) is 14.9 Å². The van der Waals surface area contributed by atoms with E-state index in [1.807, 2.05) is 0 Å². The van der Waals surface area contributed by atoms with Gasteiger partial charge in [0.15, 0.2) is 0 Å². The number of anilines is 1. The number of aromatic nitrogens is 2. The third kappa shape index (κ3) is 3.84. The van der Waals surface area contributed by atoms with Gasteiger partial charge in [-0.25, -0.2) is 9.18 Å². The van der Waals surface area contributed by atoms with Gasteiger partial charge in [0.2, 0.25) is 0 Å². The summed E-state index contributed by atoms with van der Waals surface area (Å²) in [5.74, 6) is -0.821. The van der Waals surface area contributed by atoms with E-state index in [1.165, 1.54) is 12.1 Å². The van der Waals surface area contributed by atoms with Gasteiger partial charge < -0.3 is 19.9 Å². The first kappa shape index (κ1) is 20.8. The molecule has 2 aliphatic rings. The fourth-order valence-corrected chi connectivity index (χ4v) is 3.90. The average molecular weight is 426 g/mol. The van der Waals surface area contributed by atoms with Crippen molar-refractivity contribution >= 4 is 17.6 Å². The van der Waals surface area contributed by atoms with E-state index in [9.17, 15) is 14.0 Å². The molecule has 0 spiro atoms. The number of likely N-dealkylation sites (N-methyl/N-ethyl adjacent to an activating group) is 1. The van der Waals surface area contributed by atoms with E-state index < -0.39 is 11.8 Å². The molecule has 1 fully saturated rings. The number of H-pyrrole nitrogens is 1. The summed E-state index contributed by atoms with van der Waals surface area (Å²) in [4.78, 5) is 29.1. The lowest BCUT2D eigenvalue weighted by Crippen LogP contribution is -2.43. The molecule has 0 bridgehead atoms. The second-order valence-electron chi connectivity index (χ2n) is 7.95. The Bertz CT molecular complexity index is 1070. The third-order valence-corrected chi connectivity index (χ3v) is 6.02. The molecule has 9 nitrogen and oxygen atoms in total. The minimum absolute atomic E-state index is 0.144. The molecule has 2 N–H and O–H groups in total. The van der Waals surface area contributed by atoms with E-state index in [1.54, 1.807) is 30.0 Å². The topological polar surface area (TPSA) is 114 Å². The highest BCUT2D eigenvalue weighted by molar-refractivity contribution is 5.95. The fourth-order valence-electron chi connectivity index (χ4n) is 3.90. The first-order chi connectivity index (χ1) is 14.9. The van der Waals surface area contributed by atoms with Crippen LogP contribution in [-0.4, -0.2) is 64.8 Å². The largest absolute Gasteiger partial charge is 0.382 e. The summed E-state index contributed by atoms with van der Waals surface area (Å²) >= 11 is 0. The Morgan fingerprint density at radius 3 is 2.90 bits per heavy atom. The number of nitriles is 1. The molecule has 1 aromatic heterocycles. The van der Waals surface area contributed by atoms with Gasteiger partial charge in [0.1, 0.15) is 17.6 Å². The number of nitrogens with zero attached hydrogens (tertiary/aromatic N) is 4. The Morgan fingerprint density at radius 2 is 2.23 bits per heavy atom. The molecule has 1 aliphatic heterocycles. The maximum absolute atomic E-state index is 13.5. The highest BCUT2D eigenvalue weighted by Crippen LogP contribution is 2.42. The number of hydrogen-bond acceptors (Lipinski definition) is 5. The van der Waals surface area contributed by atoms with Crippen molar-refractivity contribution in [1.29, 1.82) is 5.26 Å². The van der Waals surface area contributed by atoms with Crippen LogP contribution < -0.4 is 5.32 Å². The second kappa shape index (κ2) is 8.00. The Kier molecular flexibility index (Phi) is 5.37. The molecule has 2 aromatic rings. The average Bonchev–Trinajstić information content (AvgIpc) is 3.43. The lowest BCUT2D eigenvalue weighted by atomic mass is 10.0. The highest BCUT2D eigenvalue weighted by Gasteiger charge is 2.49. The Balaban J connectivity index is 1.49. The van der Waals surface area contributed by atoms with Crippen LogP contribution >= 0.6 is 0 Å². The van der Waals surface area contributed by atoms with Gasteiger partial charge >= 0.3 is 6.03 Å². The molecule has 2 heterocycles. The van der Waals surface area contributed by atoms with Crippen LogP contribution in [0.3, 0.4) is 0 Å². The number of methoxy groups -OCH3 is 1. The van der Waals surface area contributed by atoms with E-state index >= 15 is 0 Å². The number of urea groups is 1. The van der Waals surface area contributed by atoms with Gasteiger partial charge in [-0.2, -0.15) is 10.4 Å². The molecule has 0 radical (unpaired) electrons. The molecule has 10 heteroatoms. The van der Waals surface area contributed by atoms with Crippen LogP contribution in [0.15, 0.2) is 18.2 Å². The van der Waals surface area contributed by atoms with Crippen LogP contribution in [0.1, 0.15) is 40.2 Å². The van der Waals surface area contributed by atoms with Gasteiger partial charge in [-0.15, -0.1) is 0 Å². The molecule has 3 amide bonds. The summed E-state index contributed by atoms with van der Waals surface area (Å²) in [7, 11) is 3.38. The predicted octanol–water partition coefficient (Wildman–Crippen LogP) is 2.26. The van der Waals surface area contributed by atoms with Crippen molar-refractivity contribution in [2.75, 3.05) is 32.6 Å². The number of carbonyl (C=O) groups is 2. The number of aromatic amines is 1. The van der Waals surface area contributed by atoms with E-state index in [4.69, 9.17) is 10.00 Å². The quantitative estimate of drug-likeness (QED) is 0.761. The minimum atomic E-state index is -0.643. The Hall–Kier alpha value is -3.45. The lowest BCUT2D eigenvalue weighted by Gasteiger charge is -2.29. The predicted molar refractivity (Wildman–Crippen MR) is 109 cm³/mol. The van der Waals surface area contributed by atoms with Crippen molar-refractivity contribution in [1.82, 2.24) is 20.0 Å². The second-order valence-corrected chi connectivity index (χ2v) is 7.95. The van der Waals surface area contributed by atoms with Gasteiger partial charge in [0.25, 0.3) is 5.91 Å². The SMILES string of the molecule is COCC1(N(C)C(=O)c2[nH]nc3c2CN(C(=O)Nc2ccc(F)c(C#N)c2)CC3)CC1. The van der Waals surface area contributed by atoms with Gasteiger partial charge in [0, 0.05) is 38.4 Å². The van der Waals surface area contributed by atoms with Crippen molar-refractivity contribution in [3.63, 3.8) is 0 Å². The first-order valence-corrected chi connectivity index (χ1v) is 9.97. The van der Waals surface area contributed by atoms with Crippen molar-refractivity contribution in [2.24, 2.45) is 0 Å². The zero-order valence-corrected chi connectivity index (χ0v) is 17.4. The number of carbonyl (C=O) groups excluding carboxylic acids is 2. The van der Waals surface area contributed by atoms with Crippen molar-refractivity contribution in [2.45, 2.75) is 31.3 Å². The van der Waals surface area contributed by atoms with Crippen molar-refractivity contribution in [3.8, 4) is 6.07 Å². The molecule has 0 atom stereocenters. The lowest BCUT2D eigenvalue weighted by molar-refractivity contribution is 0.0543. The Labute approximate surface area is 178 Å². The first-order valence-electron chi connectivity index (χ1n) is 9.97. The van der Waals surface area contributed by atoms with Crippen LogP contribution in [0.5, 0.6) is 0 Å². The molecule has 162 valence electrons. The van der Waals surface area contributed by atoms with E-state index in [2.05, 4.69) is 15.5 Å². The summed E-state index contributed by atoms with van der Waals surface area (Å²) < 4.78 is 18.8. The molecule has 4 rings (SSSR count). The number of fused-ring (bicyclic) bond motifs is 1. The molecular weight excluding hydrogens is 403 g/mol. The van der Waals surface area contributed by atoms with Gasteiger partial charge in [-0.05, 0) is 31.0 Å². The number of rotatable bonds is 5. The van der Waals surface area contributed by atoms with Crippen LogP contribution in [0.25, 0.3) is 0 Å². The molecule has 1 saturated carbocycles. The summed E-state index contributed by atoms with van der Waals surface area (Å²) in [5.41, 5.74) is 1.75. The summed E-state index contributed by atoms with van der Waals surface area (Å²) in [5, 5.41) is 18.8. The molecule has 1 aromatic carbocycles. The zero-order valence-electron chi connectivity index (χ0n) is 17.4.